The van der Waals surface area contributed by atoms with E-state index in [0.717, 1.165) is 0 Å². The van der Waals surface area contributed by atoms with Crippen LogP contribution in [0, 0.1) is 0 Å². The Hall–Kier alpha value is 0.139. The molecule has 0 fully saturated rings. The van der Waals surface area contributed by atoms with Gasteiger partial charge in [0, 0.05) is 0 Å². The summed E-state index contributed by atoms with van der Waals surface area (Å²) < 4.78 is 3.54. The fraction of sp³-hybridized carbons (Fsp3) is 0.429. The quantitative estimate of drug-likeness (QED) is 0.267. The van der Waals surface area contributed by atoms with E-state index >= 15 is 0 Å². The summed E-state index contributed by atoms with van der Waals surface area (Å²) >= 11 is 0. The maximum Gasteiger partial charge on any atom is 2.00 e. The number of ether oxygens (including phenoxy) is 1. The molecule has 19 heavy (non-hydrogen) atoms. The second-order valence-corrected chi connectivity index (χ2v) is 2.82. The van der Waals surface area contributed by atoms with Crippen LogP contribution in [0.5, 0.6) is 0 Å². The van der Waals surface area contributed by atoms with Crippen LogP contribution in [0.1, 0.15) is 21.4 Å². The molecule has 102 valence electrons. The number of carbonyl (C=O) groups excluding carboxylic acids is 1. The number of carboxylic acids is 2. The summed E-state index contributed by atoms with van der Waals surface area (Å²) in [5.74, 6) is -5.18. The summed E-state index contributed by atoms with van der Waals surface area (Å²) in [5.41, 5.74) is -2.89. The minimum absolute atomic E-state index is 0. The molecule has 0 saturated heterocycles. The van der Waals surface area contributed by atoms with Gasteiger partial charge in [-0.05, 0) is 0 Å². The van der Waals surface area contributed by atoms with Crippen molar-refractivity contribution < 1.29 is 52.9 Å². The number of esters is 1. The second kappa shape index (κ2) is 11.9. The van der Waals surface area contributed by atoms with E-state index in [1.165, 1.54) is 0 Å². The van der Waals surface area contributed by atoms with Crippen LogP contribution in [-0.4, -0.2) is 119 Å². The smallest absolute Gasteiger partial charge is 1.00 e. The van der Waals surface area contributed by atoms with Crippen molar-refractivity contribution in [2.24, 2.45) is 0 Å². The molecule has 1 atom stereocenters. The average Bonchev–Trinajstić information content (AvgIpc) is 1.98. The van der Waals surface area contributed by atoms with Gasteiger partial charge in [-0.3, -0.25) is 9.59 Å². The Morgan fingerprint density at radius 3 is 1.63 bits per heavy atom. The molecule has 0 bridgehead atoms. The van der Waals surface area contributed by atoms with Crippen LogP contribution in [-0.2, 0) is 19.1 Å². The Balaban J connectivity index is -0.0000000312. The first-order valence-corrected chi connectivity index (χ1v) is 3.78. The van der Waals surface area contributed by atoms with Gasteiger partial charge in [-0.2, -0.15) is 0 Å². The van der Waals surface area contributed by atoms with Crippen molar-refractivity contribution in [1.29, 1.82) is 0 Å². The van der Waals surface area contributed by atoms with Crippen molar-refractivity contribution in [1.82, 2.24) is 0 Å². The Morgan fingerprint density at radius 2 is 1.37 bits per heavy atom. The number of hydrogen-bond donors (Lipinski definition) is 4. The van der Waals surface area contributed by atoms with Crippen LogP contribution in [0.3, 0.4) is 0 Å². The van der Waals surface area contributed by atoms with E-state index < -0.39 is 42.5 Å². The van der Waals surface area contributed by atoms with Crippen LogP contribution in [0.2, 0.25) is 0 Å². The third kappa shape index (κ3) is 11.6. The number of aliphatic hydroxyl groups is 1. The van der Waals surface area contributed by atoms with Crippen LogP contribution < -0.4 is 0 Å². The number of aliphatic carboxylic acids is 2. The molecule has 0 amide bonds. The summed E-state index contributed by atoms with van der Waals surface area (Å²) in [6.07, 6.45) is -4.51. The molecule has 0 aromatic carbocycles. The molecule has 0 aromatic rings. The van der Waals surface area contributed by atoms with E-state index in [1.807, 2.05) is 0 Å². The second-order valence-electron chi connectivity index (χ2n) is 2.82. The Labute approximate surface area is 164 Å². The maximum atomic E-state index is 10.7. The van der Waals surface area contributed by atoms with Crippen molar-refractivity contribution in [2.75, 3.05) is 0 Å². The summed E-state index contributed by atoms with van der Waals surface area (Å²) in [6, 6.07) is 0. The molecule has 0 aliphatic rings. The molecular weight excluding hydrogens is 301 g/mol. The van der Waals surface area contributed by atoms with Crippen LogP contribution in [0.4, 0.5) is 4.79 Å². The molecule has 4 N–H and O–H groups in total. The monoisotopic (exact) mass is 314 g/mol. The van der Waals surface area contributed by atoms with Crippen molar-refractivity contribution in [3.8, 4) is 0 Å². The largest absolute Gasteiger partial charge is 2.00 e. The SMILES string of the molecule is O=C(O)CC(O)(CC(=O)OC(=O)O)C(=O)O.[H-].[H-].[H-].[H-].[H-].[H-].[Mg+2].[Mg+2].[Mg+2]. The minimum atomic E-state index is -2.89. The van der Waals surface area contributed by atoms with E-state index in [2.05, 4.69) is 4.74 Å². The van der Waals surface area contributed by atoms with Gasteiger partial charge in [0.25, 0.3) is 0 Å². The van der Waals surface area contributed by atoms with Gasteiger partial charge in [0.1, 0.15) is 0 Å². The predicted octanol–water partition coefficient (Wildman–Crippen LogP) is -1.58. The van der Waals surface area contributed by atoms with Crippen molar-refractivity contribution in [2.45, 2.75) is 18.4 Å². The van der Waals surface area contributed by atoms with Crippen LogP contribution in [0.25, 0.3) is 0 Å². The number of carbonyl (C=O) groups is 4. The van der Waals surface area contributed by atoms with Crippen molar-refractivity contribution in [3.05, 3.63) is 0 Å². The Morgan fingerprint density at radius 1 is 0.947 bits per heavy atom. The Bertz CT molecular complexity index is 365. The van der Waals surface area contributed by atoms with Crippen LogP contribution >= 0.6 is 0 Å². The first kappa shape index (κ1) is 27.5. The van der Waals surface area contributed by atoms with Crippen molar-refractivity contribution in [3.63, 3.8) is 0 Å². The number of hydrogen-bond acceptors (Lipinski definition) is 6. The van der Waals surface area contributed by atoms with Crippen molar-refractivity contribution >= 4 is 93.2 Å². The molecule has 0 radical (unpaired) electrons. The molecule has 0 aliphatic heterocycles. The fourth-order valence-corrected chi connectivity index (χ4v) is 0.836. The van der Waals surface area contributed by atoms with E-state index in [9.17, 15) is 24.3 Å². The summed E-state index contributed by atoms with van der Waals surface area (Å²) in [4.78, 5) is 41.4. The first-order chi connectivity index (χ1) is 7.17. The number of carboxylic acid groups (broad SMARTS) is 3. The molecule has 0 aliphatic carbocycles. The Kier molecular flexibility index (Phi) is 17.2. The third-order valence-electron chi connectivity index (χ3n) is 1.48. The zero-order chi connectivity index (χ0) is 12.9. The molecule has 12 heteroatoms. The average molecular weight is 315 g/mol. The first-order valence-electron chi connectivity index (χ1n) is 3.78. The summed E-state index contributed by atoms with van der Waals surface area (Å²) in [5, 5.41) is 34.1. The van der Waals surface area contributed by atoms with Gasteiger partial charge in [0.15, 0.2) is 5.60 Å². The van der Waals surface area contributed by atoms with E-state index in [1.54, 1.807) is 0 Å². The molecule has 9 nitrogen and oxygen atoms in total. The summed E-state index contributed by atoms with van der Waals surface area (Å²) in [6.45, 7) is 0. The normalized spacial score (nSPS) is 11.4. The fourth-order valence-electron chi connectivity index (χ4n) is 0.836. The molecule has 0 heterocycles. The van der Waals surface area contributed by atoms with E-state index in [4.69, 9.17) is 15.3 Å². The van der Waals surface area contributed by atoms with E-state index in [-0.39, 0.29) is 77.7 Å². The molecule has 1 unspecified atom stereocenters. The van der Waals surface area contributed by atoms with Gasteiger partial charge in [-0.25, -0.2) is 9.59 Å². The molecular formula is C7H14Mg3O9. The zero-order valence-corrected chi connectivity index (χ0v) is 14.1. The maximum absolute atomic E-state index is 10.7. The van der Waals surface area contributed by atoms with Gasteiger partial charge in [-0.15, -0.1) is 0 Å². The van der Waals surface area contributed by atoms with Gasteiger partial charge in [0.05, 0.1) is 12.8 Å². The topological polar surface area (TPSA) is 158 Å². The third-order valence-corrected chi connectivity index (χ3v) is 1.48. The molecule has 0 spiro atoms. The van der Waals surface area contributed by atoms with Gasteiger partial charge in [0.2, 0.25) is 0 Å². The standard InChI is InChI=1S/C7H8O9.3Mg.6H/c8-3(9)1-7(15,5(11)12)2-4(10)16-6(13)14;;;;;;;;;/h15H,1-2H2,(H,8,9)(H,11,12)(H,13,14);;;;;;;;;/q;3*+2;6*-1. The van der Waals surface area contributed by atoms with Gasteiger partial charge >= 0.3 is 93.2 Å². The van der Waals surface area contributed by atoms with Crippen LogP contribution in [0.15, 0.2) is 0 Å². The molecule has 0 rings (SSSR count). The van der Waals surface area contributed by atoms with Gasteiger partial charge in [-0.1, -0.05) is 0 Å². The molecule has 0 saturated carbocycles. The number of rotatable bonds is 5. The van der Waals surface area contributed by atoms with E-state index in [0.29, 0.717) is 0 Å². The summed E-state index contributed by atoms with van der Waals surface area (Å²) in [7, 11) is 0. The minimum Gasteiger partial charge on any atom is -1.00 e. The zero-order valence-electron chi connectivity index (χ0n) is 15.9. The van der Waals surface area contributed by atoms with Gasteiger partial charge < -0.3 is 33.7 Å². The molecule has 0 aromatic heterocycles. The predicted molar refractivity (Wildman–Crippen MR) is 67.5 cm³/mol.